The van der Waals surface area contributed by atoms with Gasteiger partial charge in [0.25, 0.3) is 0 Å². The number of carbonyl (C=O) groups is 1. The molecule has 0 aromatic heterocycles. The summed E-state index contributed by atoms with van der Waals surface area (Å²) in [6.07, 6.45) is 5.64. The van der Waals surface area contributed by atoms with Crippen LogP contribution in [0.25, 0.3) is 0 Å². The molecule has 14 unspecified atom stereocenters. The normalized spacial score (nSPS) is 51.1. The lowest BCUT2D eigenvalue weighted by atomic mass is 9.41. The Bertz CT molecular complexity index is 1220. The highest BCUT2D eigenvalue weighted by Crippen LogP contribution is 2.89. The Hall–Kier alpha value is -0.840. The average molecular weight is 663 g/mol. The average Bonchev–Trinajstić information content (AvgIpc) is 3.62. The third-order valence-corrected chi connectivity index (χ3v) is 15.6. The summed E-state index contributed by atoms with van der Waals surface area (Å²) in [5.74, 6) is 0.754. The molecule has 14 atom stereocenters. The highest BCUT2D eigenvalue weighted by atomic mass is 19.1. The van der Waals surface area contributed by atoms with Gasteiger partial charge in [0.05, 0.1) is 36.6 Å². The number of fused-ring (bicyclic) bond motifs is 4. The van der Waals surface area contributed by atoms with Crippen LogP contribution in [0.15, 0.2) is 0 Å². The minimum atomic E-state index is -1.28. The standard InChI is InChI=1S/C38H61FNO7/c1-22-19-24(32(34(5,6)43)45-23(2)41)46-30-29(22)35(7)13-14-38-21-37(38)12-11-27(47-28-20-40(16-15-39)17-18-44-28)33(3,4)25(37)9-10-26(38)36(35,8)31(30)42/h22,24-32,42-43H,8-21H2,1-7H3/q-1. The Morgan fingerprint density at radius 1 is 1.13 bits per heavy atom. The SMILES string of the molecule is [CH2-]C12C(O)C3OC(C(OC(C)=O)C(C)(C)O)CC(C)C3C1(C)CCC13CC14CCC(OC1CN(CCF)CCO1)C(C)(C)C4CCC32. The highest BCUT2D eigenvalue weighted by Gasteiger charge is 2.83. The van der Waals surface area contributed by atoms with Crippen molar-refractivity contribution < 1.29 is 38.3 Å². The highest BCUT2D eigenvalue weighted by molar-refractivity contribution is 5.66. The van der Waals surface area contributed by atoms with E-state index in [-0.39, 0.29) is 52.6 Å². The van der Waals surface area contributed by atoms with E-state index in [1.165, 1.54) is 19.8 Å². The number of carbonyl (C=O) groups excluding carboxylic acids is 1. The molecule has 0 aromatic carbocycles. The van der Waals surface area contributed by atoms with Crippen molar-refractivity contribution in [2.24, 2.45) is 50.7 Å². The number of halogens is 1. The van der Waals surface area contributed by atoms with Crippen LogP contribution in [0, 0.1) is 57.7 Å². The van der Waals surface area contributed by atoms with Crippen LogP contribution in [-0.2, 0) is 23.7 Å². The van der Waals surface area contributed by atoms with E-state index in [4.69, 9.17) is 25.9 Å². The lowest BCUT2D eigenvalue weighted by Crippen LogP contribution is -2.60. The minimum absolute atomic E-state index is 0.0243. The molecule has 2 heterocycles. The molecule has 5 saturated carbocycles. The number of aliphatic hydroxyl groups is 2. The number of alkyl halides is 1. The predicted molar refractivity (Wildman–Crippen MR) is 175 cm³/mol. The molecule has 5 aliphatic carbocycles. The molecular weight excluding hydrogens is 601 g/mol. The number of morpholine rings is 1. The Morgan fingerprint density at radius 2 is 1.83 bits per heavy atom. The fourth-order valence-corrected chi connectivity index (χ4v) is 13.6. The molecule has 9 heteroatoms. The first-order valence-corrected chi connectivity index (χ1v) is 18.6. The molecule has 0 aromatic rings. The maximum absolute atomic E-state index is 13.1. The Morgan fingerprint density at radius 3 is 2.51 bits per heavy atom. The number of ether oxygens (including phenoxy) is 4. The Kier molecular flexibility index (Phi) is 8.34. The van der Waals surface area contributed by atoms with Gasteiger partial charge in [-0.3, -0.25) is 9.69 Å². The molecule has 2 aliphatic heterocycles. The van der Waals surface area contributed by atoms with Gasteiger partial charge in [0.15, 0.2) is 12.4 Å². The van der Waals surface area contributed by atoms with Gasteiger partial charge in [-0.25, -0.2) is 4.39 Å². The summed E-state index contributed by atoms with van der Waals surface area (Å²) in [5.41, 5.74) is -1.62. The molecule has 2 N–H and O–H groups in total. The van der Waals surface area contributed by atoms with Crippen molar-refractivity contribution in [2.45, 2.75) is 142 Å². The first-order valence-electron chi connectivity index (χ1n) is 18.6. The van der Waals surface area contributed by atoms with E-state index < -0.39 is 41.4 Å². The van der Waals surface area contributed by atoms with Crippen LogP contribution in [0.1, 0.15) is 99.8 Å². The second kappa shape index (κ2) is 11.3. The fourth-order valence-electron chi connectivity index (χ4n) is 13.6. The maximum Gasteiger partial charge on any atom is 0.303 e. The molecule has 7 rings (SSSR count). The number of hydrogen-bond acceptors (Lipinski definition) is 8. The van der Waals surface area contributed by atoms with Crippen molar-refractivity contribution in [1.29, 1.82) is 0 Å². The van der Waals surface area contributed by atoms with Gasteiger partial charge >= 0.3 is 5.97 Å². The molecule has 7 fully saturated rings. The molecule has 0 bridgehead atoms. The lowest BCUT2D eigenvalue weighted by molar-refractivity contribution is -0.247. The van der Waals surface area contributed by atoms with E-state index >= 15 is 0 Å². The van der Waals surface area contributed by atoms with Crippen LogP contribution < -0.4 is 0 Å². The second-order valence-corrected chi connectivity index (χ2v) is 18.4. The van der Waals surface area contributed by atoms with Crippen molar-refractivity contribution in [1.82, 2.24) is 4.90 Å². The van der Waals surface area contributed by atoms with E-state index in [9.17, 15) is 19.4 Å². The number of rotatable bonds is 7. The number of esters is 1. The van der Waals surface area contributed by atoms with Crippen LogP contribution in [0.5, 0.6) is 0 Å². The van der Waals surface area contributed by atoms with Crippen molar-refractivity contribution >= 4 is 5.97 Å². The van der Waals surface area contributed by atoms with Gasteiger partial charge in [0.2, 0.25) is 0 Å². The zero-order valence-electron chi connectivity index (χ0n) is 29.9. The van der Waals surface area contributed by atoms with Gasteiger partial charge in [0.1, 0.15) is 6.67 Å². The van der Waals surface area contributed by atoms with Crippen LogP contribution in [0.3, 0.4) is 0 Å². The first-order chi connectivity index (χ1) is 22.0. The molecule has 7 aliphatic rings. The van der Waals surface area contributed by atoms with E-state index in [1.54, 1.807) is 13.8 Å². The Labute approximate surface area is 281 Å². The van der Waals surface area contributed by atoms with Gasteiger partial charge in [0, 0.05) is 26.6 Å². The maximum atomic E-state index is 13.1. The smallest absolute Gasteiger partial charge is 0.303 e. The zero-order chi connectivity index (χ0) is 33.9. The van der Waals surface area contributed by atoms with Crippen molar-refractivity contribution in [3.63, 3.8) is 0 Å². The quantitative estimate of drug-likeness (QED) is 0.279. The van der Waals surface area contributed by atoms with Gasteiger partial charge in [-0.15, -0.1) is 5.41 Å². The van der Waals surface area contributed by atoms with Crippen LogP contribution >= 0.6 is 0 Å². The third-order valence-electron chi connectivity index (χ3n) is 15.6. The van der Waals surface area contributed by atoms with Gasteiger partial charge in [-0.1, -0.05) is 40.0 Å². The number of aliphatic hydroxyl groups excluding tert-OH is 1. The largest absolute Gasteiger partial charge is 0.457 e. The van der Waals surface area contributed by atoms with Crippen molar-refractivity contribution in [3.8, 4) is 0 Å². The van der Waals surface area contributed by atoms with Gasteiger partial charge in [-0.2, -0.15) is 0 Å². The molecular formula is C38H61FNO7-. The van der Waals surface area contributed by atoms with E-state index in [0.29, 0.717) is 38.0 Å². The van der Waals surface area contributed by atoms with Crippen molar-refractivity contribution in [2.75, 3.05) is 32.9 Å². The second-order valence-electron chi connectivity index (χ2n) is 18.4. The summed E-state index contributed by atoms with van der Waals surface area (Å²) in [7, 11) is 0. The molecule has 2 saturated heterocycles. The molecule has 47 heavy (non-hydrogen) atoms. The van der Waals surface area contributed by atoms with Gasteiger partial charge in [-0.05, 0) is 98.2 Å². The van der Waals surface area contributed by atoms with Crippen LogP contribution in [-0.4, -0.2) is 96.4 Å². The first kappa shape index (κ1) is 34.6. The molecule has 0 radical (unpaired) electrons. The molecule has 268 valence electrons. The molecule has 0 amide bonds. The molecule has 2 spiro atoms. The van der Waals surface area contributed by atoms with E-state index in [0.717, 1.165) is 38.6 Å². The summed E-state index contributed by atoms with van der Waals surface area (Å²) in [6, 6.07) is 0. The summed E-state index contributed by atoms with van der Waals surface area (Å²) in [5, 5.41) is 23.5. The fraction of sp³-hybridized carbons (Fsp3) is 0.947. The number of nitrogens with zero attached hydrogens (tertiary/aromatic N) is 1. The van der Waals surface area contributed by atoms with E-state index in [1.807, 2.05) is 0 Å². The monoisotopic (exact) mass is 662 g/mol. The topological polar surface area (TPSA) is 97.7 Å². The van der Waals surface area contributed by atoms with Crippen LogP contribution in [0.4, 0.5) is 4.39 Å². The lowest BCUT2D eigenvalue weighted by Gasteiger charge is -2.67. The summed E-state index contributed by atoms with van der Waals surface area (Å²) in [4.78, 5) is 14.2. The summed E-state index contributed by atoms with van der Waals surface area (Å²) < 4.78 is 38.3. The van der Waals surface area contributed by atoms with Crippen molar-refractivity contribution in [3.05, 3.63) is 6.92 Å². The van der Waals surface area contributed by atoms with E-state index in [2.05, 4.69) is 32.6 Å². The minimum Gasteiger partial charge on any atom is -0.457 e. The summed E-state index contributed by atoms with van der Waals surface area (Å²) >= 11 is 0. The predicted octanol–water partition coefficient (Wildman–Crippen LogP) is 5.33. The van der Waals surface area contributed by atoms with Gasteiger partial charge < -0.3 is 36.1 Å². The summed E-state index contributed by atoms with van der Waals surface area (Å²) in [6.45, 7) is 21.3. The Balaban J connectivity index is 1.13. The number of hydrogen-bond donors (Lipinski definition) is 2. The van der Waals surface area contributed by atoms with Crippen LogP contribution in [0.2, 0.25) is 0 Å². The molecule has 8 nitrogen and oxygen atoms in total. The zero-order valence-corrected chi connectivity index (χ0v) is 29.9. The third kappa shape index (κ3) is 4.82.